The van der Waals surface area contributed by atoms with E-state index in [0.717, 1.165) is 24.1 Å². The lowest BCUT2D eigenvalue weighted by molar-refractivity contribution is 0.107. The van der Waals surface area contributed by atoms with E-state index in [1.54, 1.807) is 6.07 Å². The first-order valence-electron chi connectivity index (χ1n) is 9.22. The van der Waals surface area contributed by atoms with Crippen molar-refractivity contribution in [1.29, 1.82) is 0 Å². The average molecular weight is 404 g/mol. The number of nitrogens with zero attached hydrogens (tertiary/aromatic N) is 4. The van der Waals surface area contributed by atoms with Gasteiger partial charge < -0.3 is 4.42 Å². The quantitative estimate of drug-likeness (QED) is 0.578. The number of halogens is 4. The predicted molar refractivity (Wildman–Crippen MR) is 93.2 cm³/mol. The molecule has 2 heterocycles. The van der Waals surface area contributed by atoms with Crippen LogP contribution in [-0.2, 0) is 5.41 Å². The van der Waals surface area contributed by atoms with Crippen molar-refractivity contribution in [3.63, 3.8) is 0 Å². The Labute approximate surface area is 163 Å². The number of benzene rings is 1. The highest BCUT2D eigenvalue weighted by Crippen LogP contribution is 2.69. The van der Waals surface area contributed by atoms with Crippen molar-refractivity contribution in [2.24, 2.45) is 5.41 Å². The van der Waals surface area contributed by atoms with Gasteiger partial charge in [-0.1, -0.05) is 19.9 Å². The van der Waals surface area contributed by atoms with Gasteiger partial charge in [0.1, 0.15) is 11.6 Å². The second-order valence-electron chi connectivity index (χ2n) is 8.09. The van der Waals surface area contributed by atoms with E-state index in [2.05, 4.69) is 20.4 Å². The minimum atomic E-state index is -2.87. The van der Waals surface area contributed by atoms with Crippen LogP contribution >= 0.6 is 0 Å². The number of fused-ring (bicyclic) bond motifs is 5. The van der Waals surface area contributed by atoms with Gasteiger partial charge in [0, 0.05) is 0 Å². The van der Waals surface area contributed by atoms with E-state index in [-0.39, 0.29) is 23.1 Å². The van der Waals surface area contributed by atoms with Crippen molar-refractivity contribution in [2.75, 3.05) is 0 Å². The van der Waals surface area contributed by atoms with Crippen LogP contribution in [0.5, 0.6) is 0 Å². The number of hydrogen-bond acceptors (Lipinski definition) is 5. The second-order valence-corrected chi connectivity index (χ2v) is 8.09. The predicted octanol–water partition coefficient (Wildman–Crippen LogP) is 4.95. The number of hydrogen-bond donors (Lipinski definition) is 0. The maximum atomic E-state index is 14.2. The summed E-state index contributed by atoms with van der Waals surface area (Å²) in [4.78, 5) is 0. The van der Waals surface area contributed by atoms with Crippen molar-refractivity contribution in [3.05, 3.63) is 58.9 Å². The minimum absolute atomic E-state index is 0.0107. The van der Waals surface area contributed by atoms with Crippen LogP contribution in [0.15, 0.2) is 28.7 Å². The van der Waals surface area contributed by atoms with Gasteiger partial charge in [0.25, 0.3) is 5.89 Å². The zero-order chi connectivity index (χ0) is 20.6. The summed E-state index contributed by atoms with van der Waals surface area (Å²) in [7, 11) is 0. The van der Waals surface area contributed by atoms with Gasteiger partial charge in [0.15, 0.2) is 0 Å². The highest BCUT2D eigenvalue weighted by atomic mass is 19.3. The summed E-state index contributed by atoms with van der Waals surface area (Å²) in [5, 5.41) is 15.8. The van der Waals surface area contributed by atoms with Crippen LogP contribution < -0.4 is 0 Å². The summed E-state index contributed by atoms with van der Waals surface area (Å²) in [5.41, 5.74) is -0.157. The first-order valence-corrected chi connectivity index (χ1v) is 9.22. The molecule has 1 aromatic carbocycles. The highest BCUT2D eigenvalue weighted by Gasteiger charge is 2.67. The van der Waals surface area contributed by atoms with Gasteiger partial charge in [0.2, 0.25) is 5.89 Å². The molecule has 0 amide bonds. The third-order valence-corrected chi connectivity index (χ3v) is 6.59. The summed E-state index contributed by atoms with van der Waals surface area (Å²) < 4.78 is 59.8. The molecule has 2 atom stereocenters. The lowest BCUT2D eigenvalue weighted by Crippen LogP contribution is -2.37. The SMILES string of the molecule is CC1(C)[C@H]2CCC1(c1nnc(C(F)F)o1)c1nnc(-c3c(F)cccc3F)cc12. The summed E-state index contributed by atoms with van der Waals surface area (Å²) in [5.74, 6) is -2.12. The summed E-state index contributed by atoms with van der Waals surface area (Å²) in [6.07, 6.45) is -1.55. The maximum Gasteiger partial charge on any atom is 0.314 e. The van der Waals surface area contributed by atoms with Crippen molar-refractivity contribution in [2.45, 2.75) is 44.4 Å². The molecule has 5 rings (SSSR count). The largest absolute Gasteiger partial charge is 0.419 e. The molecular formula is C20H16F4N4O. The van der Waals surface area contributed by atoms with Crippen LogP contribution in [0.25, 0.3) is 11.3 Å². The van der Waals surface area contributed by atoms with Crippen LogP contribution in [0.1, 0.15) is 62.1 Å². The van der Waals surface area contributed by atoms with Crippen LogP contribution in [-0.4, -0.2) is 20.4 Å². The lowest BCUT2D eigenvalue weighted by atomic mass is 9.68. The van der Waals surface area contributed by atoms with Gasteiger partial charge in [0.05, 0.1) is 22.4 Å². The Morgan fingerprint density at radius 3 is 2.45 bits per heavy atom. The van der Waals surface area contributed by atoms with Gasteiger partial charge >= 0.3 is 6.43 Å². The number of rotatable bonds is 3. The molecule has 9 heteroatoms. The molecule has 0 radical (unpaired) electrons. The molecule has 0 N–H and O–H groups in total. The van der Waals surface area contributed by atoms with Crippen LogP contribution in [0, 0.1) is 17.0 Å². The Hall–Kier alpha value is -2.84. The molecule has 150 valence electrons. The molecule has 1 unspecified atom stereocenters. The Kier molecular flexibility index (Phi) is 3.66. The lowest BCUT2D eigenvalue weighted by Gasteiger charge is -2.34. The maximum absolute atomic E-state index is 14.2. The van der Waals surface area contributed by atoms with Crippen molar-refractivity contribution < 1.29 is 22.0 Å². The molecule has 5 nitrogen and oxygen atoms in total. The van der Waals surface area contributed by atoms with Gasteiger partial charge in [-0.15, -0.1) is 15.3 Å². The Balaban J connectivity index is 1.70. The molecule has 2 bridgehead atoms. The molecule has 0 aliphatic heterocycles. The number of aromatic nitrogens is 4. The molecule has 1 saturated carbocycles. The molecule has 2 aliphatic rings. The van der Waals surface area contributed by atoms with Crippen molar-refractivity contribution in [1.82, 2.24) is 20.4 Å². The smallest absolute Gasteiger partial charge is 0.314 e. The standard InChI is InChI=1S/C20H16F4N4O/c1-19(2)10-6-7-20(19,18-28-27-17(29-18)16(23)24)15-9(10)8-13(25-26-15)14-11(21)4-3-5-12(14)22/h3-5,8,10,16H,6-7H2,1-2H3/t10-,20?/m0/s1. The normalized spacial score (nSPS) is 24.3. The summed E-state index contributed by atoms with van der Waals surface area (Å²) in [6.45, 7) is 3.98. The highest BCUT2D eigenvalue weighted by molar-refractivity contribution is 5.63. The van der Waals surface area contributed by atoms with E-state index in [0.29, 0.717) is 12.1 Å². The Bertz CT molecular complexity index is 1110. The molecule has 29 heavy (non-hydrogen) atoms. The minimum Gasteiger partial charge on any atom is -0.419 e. The zero-order valence-corrected chi connectivity index (χ0v) is 15.6. The van der Waals surface area contributed by atoms with E-state index in [9.17, 15) is 17.6 Å². The molecule has 1 fully saturated rings. The molecule has 2 aromatic heterocycles. The van der Waals surface area contributed by atoms with Crippen LogP contribution in [0.2, 0.25) is 0 Å². The summed E-state index contributed by atoms with van der Waals surface area (Å²) >= 11 is 0. The van der Waals surface area contributed by atoms with Crippen LogP contribution in [0.3, 0.4) is 0 Å². The van der Waals surface area contributed by atoms with Gasteiger partial charge in [-0.25, -0.2) is 8.78 Å². The topological polar surface area (TPSA) is 64.7 Å². The van der Waals surface area contributed by atoms with Gasteiger partial charge in [-0.05, 0) is 47.9 Å². The van der Waals surface area contributed by atoms with E-state index >= 15 is 0 Å². The fraction of sp³-hybridized carbons (Fsp3) is 0.400. The second kappa shape index (κ2) is 5.84. The molecule has 0 saturated heterocycles. The van der Waals surface area contributed by atoms with E-state index < -0.39 is 34.8 Å². The monoisotopic (exact) mass is 404 g/mol. The van der Waals surface area contributed by atoms with Crippen molar-refractivity contribution in [3.8, 4) is 11.3 Å². The van der Waals surface area contributed by atoms with E-state index in [4.69, 9.17) is 4.42 Å². The Morgan fingerprint density at radius 2 is 1.79 bits per heavy atom. The first-order chi connectivity index (χ1) is 13.8. The molecule has 0 spiro atoms. The third kappa shape index (κ3) is 2.21. The van der Waals surface area contributed by atoms with Gasteiger partial charge in [-0.2, -0.15) is 13.9 Å². The van der Waals surface area contributed by atoms with Crippen LogP contribution in [0.4, 0.5) is 17.6 Å². The van der Waals surface area contributed by atoms with E-state index in [1.807, 2.05) is 13.8 Å². The molecule has 3 aromatic rings. The fourth-order valence-electron chi connectivity index (χ4n) is 5.16. The third-order valence-electron chi connectivity index (χ3n) is 6.59. The molecule has 2 aliphatic carbocycles. The van der Waals surface area contributed by atoms with Gasteiger partial charge in [-0.3, -0.25) is 0 Å². The fourth-order valence-corrected chi connectivity index (χ4v) is 5.16. The van der Waals surface area contributed by atoms with E-state index in [1.165, 1.54) is 6.07 Å². The first kappa shape index (κ1) is 18.2. The molecular weight excluding hydrogens is 388 g/mol. The summed E-state index contributed by atoms with van der Waals surface area (Å²) in [6, 6.07) is 5.25. The zero-order valence-electron chi connectivity index (χ0n) is 15.6. The Morgan fingerprint density at radius 1 is 1.07 bits per heavy atom. The van der Waals surface area contributed by atoms with Crippen molar-refractivity contribution >= 4 is 0 Å². The number of alkyl halides is 2. The average Bonchev–Trinajstić information content (AvgIpc) is 3.30.